The van der Waals surface area contributed by atoms with Gasteiger partial charge in [0.25, 0.3) is 5.91 Å². The lowest BCUT2D eigenvalue weighted by atomic mass is 10.0. The Morgan fingerprint density at radius 3 is 2.42 bits per heavy atom. The molecule has 0 aliphatic rings. The van der Waals surface area contributed by atoms with Gasteiger partial charge in [0.2, 0.25) is 0 Å². The van der Waals surface area contributed by atoms with Crippen LogP contribution in [-0.2, 0) is 15.8 Å². The molecule has 9 heteroatoms. The van der Waals surface area contributed by atoms with E-state index in [-0.39, 0.29) is 18.0 Å². The Morgan fingerprint density at radius 1 is 1.31 bits per heavy atom. The van der Waals surface area contributed by atoms with E-state index in [4.69, 9.17) is 10.4 Å². The van der Waals surface area contributed by atoms with Crippen molar-refractivity contribution in [2.24, 2.45) is 5.92 Å². The Kier molecular flexibility index (Phi) is 7.19. The van der Waals surface area contributed by atoms with Crippen LogP contribution in [0.5, 0.6) is 0 Å². The number of hydrogen-bond acceptors (Lipinski definition) is 4. The number of carbonyl (C=O) groups is 2. The molecule has 140 valence electrons. The molecule has 3 N–H and O–H groups in total. The van der Waals surface area contributed by atoms with E-state index in [1.165, 1.54) is 12.1 Å². The second-order valence-electron chi connectivity index (χ2n) is 5.85. The standard InChI is InChI=1S/C17H18F3N3O3/c1-10(2)7-14(16(25)26)23-15(24)11(8-21)9-22-13-6-4-3-5-12(13)17(18,19)20/h3-6,9-10,14,22H,7H2,1-2H3,(H,23,24)(H,25,26)/b11-9-. The number of halogens is 3. The minimum atomic E-state index is -4.61. The molecular formula is C17H18F3N3O3. The van der Waals surface area contributed by atoms with E-state index >= 15 is 0 Å². The average molecular weight is 369 g/mol. The summed E-state index contributed by atoms with van der Waals surface area (Å²) in [5, 5.41) is 22.6. The molecule has 1 unspecified atom stereocenters. The first kappa shape index (κ1) is 21.0. The van der Waals surface area contributed by atoms with Crippen LogP contribution in [0.4, 0.5) is 18.9 Å². The first-order valence-electron chi connectivity index (χ1n) is 7.63. The smallest absolute Gasteiger partial charge is 0.418 e. The summed E-state index contributed by atoms with van der Waals surface area (Å²) in [7, 11) is 0. The molecule has 1 aromatic rings. The summed E-state index contributed by atoms with van der Waals surface area (Å²) in [4.78, 5) is 23.2. The van der Waals surface area contributed by atoms with E-state index in [9.17, 15) is 22.8 Å². The van der Waals surface area contributed by atoms with Crippen LogP contribution < -0.4 is 10.6 Å². The lowest BCUT2D eigenvalue weighted by Crippen LogP contribution is -2.42. The van der Waals surface area contributed by atoms with Crippen molar-refractivity contribution in [3.05, 3.63) is 41.6 Å². The number of para-hydroxylation sites is 1. The van der Waals surface area contributed by atoms with Crippen molar-refractivity contribution in [2.75, 3.05) is 5.32 Å². The van der Waals surface area contributed by atoms with E-state index in [0.717, 1.165) is 18.3 Å². The molecule has 6 nitrogen and oxygen atoms in total. The molecule has 1 rings (SSSR count). The predicted octanol–water partition coefficient (Wildman–Crippen LogP) is 3.14. The highest BCUT2D eigenvalue weighted by Crippen LogP contribution is 2.34. The quantitative estimate of drug-likeness (QED) is 0.506. The number of hydrogen-bond donors (Lipinski definition) is 3. The van der Waals surface area contributed by atoms with Crippen LogP contribution in [0.1, 0.15) is 25.8 Å². The number of nitriles is 1. The maximum Gasteiger partial charge on any atom is 0.418 e. The summed E-state index contributed by atoms with van der Waals surface area (Å²) in [5.41, 5.74) is -1.84. The summed E-state index contributed by atoms with van der Waals surface area (Å²) in [6.07, 6.45) is -3.66. The van der Waals surface area contributed by atoms with Crippen molar-refractivity contribution in [3.63, 3.8) is 0 Å². The fraction of sp³-hybridized carbons (Fsp3) is 0.353. The van der Waals surface area contributed by atoms with Crippen LogP contribution in [0.25, 0.3) is 0 Å². The summed E-state index contributed by atoms with van der Waals surface area (Å²) in [6, 6.07) is 4.90. The minimum absolute atomic E-state index is 0.0253. The van der Waals surface area contributed by atoms with Gasteiger partial charge in [-0.15, -0.1) is 0 Å². The normalized spacial score (nSPS) is 13.0. The maximum atomic E-state index is 12.9. The molecular weight excluding hydrogens is 351 g/mol. The van der Waals surface area contributed by atoms with Gasteiger partial charge in [0.05, 0.1) is 11.3 Å². The number of amides is 1. The number of alkyl halides is 3. The van der Waals surface area contributed by atoms with E-state index in [2.05, 4.69) is 10.6 Å². The Labute approximate surface area is 148 Å². The number of nitrogens with one attached hydrogen (secondary N) is 2. The molecule has 26 heavy (non-hydrogen) atoms. The van der Waals surface area contributed by atoms with Gasteiger partial charge in [-0.25, -0.2) is 4.79 Å². The number of rotatable bonds is 7. The summed E-state index contributed by atoms with van der Waals surface area (Å²) in [6.45, 7) is 3.53. The third-order valence-corrected chi connectivity index (χ3v) is 3.28. The van der Waals surface area contributed by atoms with Crippen molar-refractivity contribution in [3.8, 4) is 6.07 Å². The molecule has 0 saturated carbocycles. The van der Waals surface area contributed by atoms with Crippen molar-refractivity contribution in [1.82, 2.24) is 5.32 Å². The number of carbonyl (C=O) groups excluding carboxylic acids is 1. The Hall–Kier alpha value is -3.02. The second kappa shape index (κ2) is 8.89. The molecule has 1 aromatic carbocycles. The summed E-state index contributed by atoms with van der Waals surface area (Å²) in [5.74, 6) is -2.28. The first-order valence-corrected chi connectivity index (χ1v) is 7.63. The van der Waals surface area contributed by atoms with Crippen molar-refractivity contribution >= 4 is 17.6 Å². The zero-order valence-electron chi connectivity index (χ0n) is 14.1. The highest BCUT2D eigenvalue weighted by molar-refractivity contribution is 5.99. The van der Waals surface area contributed by atoms with Gasteiger partial charge < -0.3 is 15.7 Å². The van der Waals surface area contributed by atoms with Gasteiger partial charge in [-0.2, -0.15) is 18.4 Å². The molecule has 0 aliphatic carbocycles. The Bertz CT molecular complexity index is 737. The van der Waals surface area contributed by atoms with Crippen LogP contribution >= 0.6 is 0 Å². The Morgan fingerprint density at radius 2 is 1.92 bits per heavy atom. The highest BCUT2D eigenvalue weighted by Gasteiger charge is 2.33. The van der Waals surface area contributed by atoms with Crippen LogP contribution in [0.2, 0.25) is 0 Å². The Balaban J connectivity index is 2.97. The third kappa shape index (κ3) is 6.12. The van der Waals surface area contributed by atoms with E-state index < -0.39 is 35.2 Å². The number of benzene rings is 1. The summed E-state index contributed by atoms with van der Waals surface area (Å²) >= 11 is 0. The van der Waals surface area contributed by atoms with Gasteiger partial charge in [0.15, 0.2) is 0 Å². The van der Waals surface area contributed by atoms with Crippen LogP contribution in [0.15, 0.2) is 36.0 Å². The molecule has 0 heterocycles. The number of carboxylic acid groups (broad SMARTS) is 1. The van der Waals surface area contributed by atoms with Crippen molar-refractivity contribution in [2.45, 2.75) is 32.5 Å². The molecule has 1 atom stereocenters. The van der Waals surface area contributed by atoms with Crippen LogP contribution in [0.3, 0.4) is 0 Å². The van der Waals surface area contributed by atoms with Gasteiger partial charge in [0.1, 0.15) is 17.7 Å². The highest BCUT2D eigenvalue weighted by atomic mass is 19.4. The fourth-order valence-electron chi connectivity index (χ4n) is 2.08. The minimum Gasteiger partial charge on any atom is -0.480 e. The second-order valence-corrected chi connectivity index (χ2v) is 5.85. The van der Waals surface area contributed by atoms with Crippen molar-refractivity contribution < 1.29 is 27.9 Å². The van der Waals surface area contributed by atoms with E-state index in [1.807, 2.05) is 0 Å². The lowest BCUT2D eigenvalue weighted by Gasteiger charge is -2.16. The van der Waals surface area contributed by atoms with Gasteiger partial charge in [-0.1, -0.05) is 26.0 Å². The fourth-order valence-corrected chi connectivity index (χ4v) is 2.08. The van der Waals surface area contributed by atoms with Crippen LogP contribution in [0, 0.1) is 17.2 Å². The predicted molar refractivity (Wildman–Crippen MR) is 87.8 cm³/mol. The molecule has 0 bridgehead atoms. The number of aliphatic carboxylic acids is 1. The monoisotopic (exact) mass is 369 g/mol. The molecule has 0 spiro atoms. The molecule has 0 saturated heterocycles. The number of anilines is 1. The summed E-state index contributed by atoms with van der Waals surface area (Å²) < 4.78 is 38.8. The number of nitrogens with zero attached hydrogens (tertiary/aromatic N) is 1. The average Bonchev–Trinajstić information content (AvgIpc) is 2.53. The van der Waals surface area contributed by atoms with E-state index in [0.29, 0.717) is 0 Å². The lowest BCUT2D eigenvalue weighted by molar-refractivity contribution is -0.141. The first-order chi connectivity index (χ1) is 12.1. The maximum absolute atomic E-state index is 12.9. The molecule has 0 fully saturated rings. The largest absolute Gasteiger partial charge is 0.480 e. The van der Waals surface area contributed by atoms with Gasteiger partial charge in [-0.05, 0) is 24.5 Å². The molecule has 1 amide bonds. The van der Waals surface area contributed by atoms with E-state index in [1.54, 1.807) is 19.9 Å². The topological polar surface area (TPSA) is 102 Å². The molecule has 0 aromatic heterocycles. The zero-order valence-corrected chi connectivity index (χ0v) is 14.1. The number of carboxylic acids is 1. The van der Waals surface area contributed by atoms with Gasteiger partial charge >= 0.3 is 12.1 Å². The molecule has 0 aliphatic heterocycles. The van der Waals surface area contributed by atoms with Gasteiger partial charge in [0, 0.05) is 6.20 Å². The SMILES string of the molecule is CC(C)CC(NC(=O)/C(C#N)=C\Nc1ccccc1C(F)(F)F)C(=O)O. The van der Waals surface area contributed by atoms with Gasteiger partial charge in [-0.3, -0.25) is 4.79 Å². The van der Waals surface area contributed by atoms with Crippen molar-refractivity contribution in [1.29, 1.82) is 5.26 Å². The van der Waals surface area contributed by atoms with Crippen LogP contribution in [-0.4, -0.2) is 23.0 Å². The third-order valence-electron chi connectivity index (χ3n) is 3.28. The zero-order chi connectivity index (χ0) is 19.9. The molecule has 0 radical (unpaired) electrons.